The smallest absolute Gasteiger partial charge is 0.203 e. The van der Waals surface area contributed by atoms with E-state index in [9.17, 15) is 4.79 Å². The number of rotatable bonds is 6. The van der Waals surface area contributed by atoms with Gasteiger partial charge in [0.2, 0.25) is 5.78 Å². The van der Waals surface area contributed by atoms with Gasteiger partial charge >= 0.3 is 0 Å². The number of nitrogen functional groups attached to an aromatic ring is 1. The highest BCUT2D eigenvalue weighted by Gasteiger charge is 2.16. The number of carbonyl (C=O) groups excluding carboxylic acids is 1. The molecule has 2 N–H and O–H groups in total. The van der Waals surface area contributed by atoms with Gasteiger partial charge in [0.05, 0.1) is 35.6 Å². The maximum Gasteiger partial charge on any atom is 0.203 e. The van der Waals surface area contributed by atoms with E-state index >= 15 is 0 Å². The molecule has 132 valence electrons. The number of Topliss-reactive ketones (excluding diaryl/α,β-unsaturated/α-hetero) is 1. The highest BCUT2D eigenvalue weighted by molar-refractivity contribution is 9.12. The van der Waals surface area contributed by atoms with Crippen molar-refractivity contribution in [3.63, 3.8) is 0 Å². The van der Waals surface area contributed by atoms with Crippen LogP contribution in [0.1, 0.15) is 15.9 Å². The lowest BCUT2D eigenvalue weighted by Gasteiger charge is -2.15. The summed E-state index contributed by atoms with van der Waals surface area (Å²) in [5.74, 6) is 0.883. The van der Waals surface area contributed by atoms with Crippen molar-refractivity contribution >= 4 is 39.2 Å². The van der Waals surface area contributed by atoms with Crippen molar-refractivity contribution in [2.24, 2.45) is 0 Å². The first-order valence-electron chi connectivity index (χ1n) is 7.58. The Bertz CT molecular complexity index is 816. The van der Waals surface area contributed by atoms with Gasteiger partial charge in [-0.3, -0.25) is 4.79 Å². The van der Waals surface area contributed by atoms with Crippen LogP contribution in [0, 0.1) is 0 Å². The van der Waals surface area contributed by atoms with Gasteiger partial charge in [-0.15, -0.1) is 0 Å². The lowest BCUT2D eigenvalue weighted by molar-refractivity contribution is 0.104. The molecule has 0 heterocycles. The summed E-state index contributed by atoms with van der Waals surface area (Å²) < 4.78 is 10.9. The summed E-state index contributed by atoms with van der Waals surface area (Å²) in [5.41, 5.74) is 8.82. The molecule has 0 saturated heterocycles. The molecular formula is C19H21BrN2O3. The number of ketones is 1. The fourth-order valence-corrected chi connectivity index (χ4v) is 2.85. The summed E-state index contributed by atoms with van der Waals surface area (Å²) in [5, 5.41) is 0. The third-order valence-corrected chi connectivity index (χ3v) is 4.29. The number of methoxy groups -OCH3 is 2. The Morgan fingerprint density at radius 2 is 1.84 bits per heavy atom. The van der Waals surface area contributed by atoms with Crippen LogP contribution in [0.15, 0.2) is 40.9 Å². The number of carbonyl (C=O) groups is 1. The maximum atomic E-state index is 12.8. The van der Waals surface area contributed by atoms with Crippen LogP contribution in [-0.4, -0.2) is 34.1 Å². The average Bonchev–Trinajstić information content (AvgIpc) is 2.61. The SMILES string of the molecule is COc1ccc(OC)c(C(=O)C(Br)=Cc2ccc(N)c(N(C)C)c2)c1. The molecule has 0 spiro atoms. The fourth-order valence-electron chi connectivity index (χ4n) is 2.37. The van der Waals surface area contributed by atoms with Gasteiger partial charge in [0.1, 0.15) is 11.5 Å². The van der Waals surface area contributed by atoms with Gasteiger partial charge in [-0.1, -0.05) is 6.07 Å². The number of benzene rings is 2. The molecular weight excluding hydrogens is 384 g/mol. The van der Waals surface area contributed by atoms with E-state index in [-0.39, 0.29) is 5.78 Å². The molecule has 2 aromatic rings. The molecule has 5 nitrogen and oxygen atoms in total. The normalized spacial score (nSPS) is 11.2. The van der Waals surface area contributed by atoms with Gasteiger partial charge in [-0.05, 0) is 57.9 Å². The zero-order valence-corrected chi connectivity index (χ0v) is 16.3. The lowest BCUT2D eigenvalue weighted by Crippen LogP contribution is -2.11. The van der Waals surface area contributed by atoms with Crippen LogP contribution in [0.3, 0.4) is 0 Å². The van der Waals surface area contributed by atoms with Crippen molar-refractivity contribution in [3.05, 3.63) is 52.0 Å². The minimum atomic E-state index is -0.195. The molecule has 2 rings (SSSR count). The predicted octanol–water partition coefficient (Wildman–Crippen LogP) is 3.97. The Labute approximate surface area is 156 Å². The summed E-state index contributed by atoms with van der Waals surface area (Å²) in [7, 11) is 6.92. The van der Waals surface area contributed by atoms with Crippen molar-refractivity contribution in [2.45, 2.75) is 0 Å². The molecule has 0 amide bonds. The standard InChI is InChI=1S/C19H21BrN2O3/c1-22(2)17-10-12(5-7-16(17)21)9-15(20)19(23)14-11-13(24-3)6-8-18(14)25-4/h5-11H,21H2,1-4H3. The zero-order valence-electron chi connectivity index (χ0n) is 14.7. The van der Waals surface area contributed by atoms with Crippen LogP contribution in [-0.2, 0) is 0 Å². The largest absolute Gasteiger partial charge is 0.497 e. The quantitative estimate of drug-likeness (QED) is 0.448. The Morgan fingerprint density at radius 1 is 1.12 bits per heavy atom. The summed E-state index contributed by atoms with van der Waals surface area (Å²) in [6.07, 6.45) is 1.76. The van der Waals surface area contributed by atoms with Crippen LogP contribution in [0.4, 0.5) is 11.4 Å². The third kappa shape index (κ3) is 4.33. The first kappa shape index (κ1) is 18.9. The molecule has 0 aromatic heterocycles. The monoisotopic (exact) mass is 404 g/mol. The van der Waals surface area contributed by atoms with Crippen LogP contribution < -0.4 is 20.1 Å². The molecule has 0 fully saturated rings. The molecule has 0 bridgehead atoms. The second kappa shape index (κ2) is 8.07. The molecule has 0 radical (unpaired) electrons. The number of allylic oxidation sites excluding steroid dienone is 1. The van der Waals surface area contributed by atoms with E-state index in [1.165, 1.54) is 7.11 Å². The topological polar surface area (TPSA) is 64.8 Å². The van der Waals surface area contributed by atoms with E-state index in [4.69, 9.17) is 15.2 Å². The number of nitrogens with two attached hydrogens (primary N) is 1. The van der Waals surface area contributed by atoms with E-state index in [0.717, 1.165) is 11.3 Å². The molecule has 2 aromatic carbocycles. The van der Waals surface area contributed by atoms with Gasteiger partial charge < -0.3 is 20.1 Å². The van der Waals surface area contributed by atoms with Crippen molar-refractivity contribution in [1.82, 2.24) is 0 Å². The molecule has 0 saturated carbocycles. The van der Waals surface area contributed by atoms with Crippen molar-refractivity contribution in [1.29, 1.82) is 0 Å². The van der Waals surface area contributed by atoms with Crippen LogP contribution in [0.2, 0.25) is 0 Å². The van der Waals surface area contributed by atoms with Crippen molar-refractivity contribution in [3.8, 4) is 11.5 Å². The summed E-state index contributed by atoms with van der Waals surface area (Å²) in [4.78, 5) is 14.7. The highest BCUT2D eigenvalue weighted by Crippen LogP contribution is 2.30. The molecule has 0 aliphatic heterocycles. The van der Waals surface area contributed by atoms with E-state index in [1.807, 2.05) is 37.2 Å². The van der Waals surface area contributed by atoms with Crippen LogP contribution >= 0.6 is 15.9 Å². The maximum absolute atomic E-state index is 12.8. The molecule has 25 heavy (non-hydrogen) atoms. The number of anilines is 2. The van der Waals surface area contributed by atoms with E-state index in [0.29, 0.717) is 27.2 Å². The molecule has 0 atom stereocenters. The zero-order chi connectivity index (χ0) is 18.6. The summed E-state index contributed by atoms with van der Waals surface area (Å²) in [6.45, 7) is 0. The average molecular weight is 405 g/mol. The molecule has 0 aliphatic carbocycles. The Hall–Kier alpha value is -2.47. The van der Waals surface area contributed by atoms with Gasteiger partial charge in [-0.2, -0.15) is 0 Å². The number of hydrogen-bond acceptors (Lipinski definition) is 5. The minimum absolute atomic E-state index is 0.195. The number of ether oxygens (including phenoxy) is 2. The number of nitrogens with zero attached hydrogens (tertiary/aromatic N) is 1. The van der Waals surface area contributed by atoms with Crippen LogP contribution in [0.25, 0.3) is 6.08 Å². The fraction of sp³-hybridized carbons (Fsp3) is 0.211. The Balaban J connectivity index is 2.40. The molecule has 6 heteroatoms. The minimum Gasteiger partial charge on any atom is -0.497 e. The molecule has 0 unspecified atom stereocenters. The van der Waals surface area contributed by atoms with Gasteiger partial charge in [0, 0.05) is 14.1 Å². The summed E-state index contributed by atoms with van der Waals surface area (Å²) in [6, 6.07) is 10.7. The van der Waals surface area contributed by atoms with Gasteiger partial charge in [0.15, 0.2) is 0 Å². The Kier molecular flexibility index (Phi) is 6.09. The number of hydrogen-bond donors (Lipinski definition) is 1. The molecule has 0 aliphatic rings. The third-order valence-electron chi connectivity index (χ3n) is 3.70. The predicted molar refractivity (Wildman–Crippen MR) is 106 cm³/mol. The van der Waals surface area contributed by atoms with E-state index in [1.54, 1.807) is 31.4 Å². The van der Waals surface area contributed by atoms with Crippen LogP contribution in [0.5, 0.6) is 11.5 Å². The Morgan fingerprint density at radius 3 is 2.44 bits per heavy atom. The van der Waals surface area contributed by atoms with Crippen molar-refractivity contribution < 1.29 is 14.3 Å². The second-order valence-electron chi connectivity index (χ2n) is 5.60. The number of halogens is 1. The summed E-state index contributed by atoms with van der Waals surface area (Å²) >= 11 is 3.38. The van der Waals surface area contributed by atoms with E-state index in [2.05, 4.69) is 15.9 Å². The first-order valence-corrected chi connectivity index (χ1v) is 8.37. The second-order valence-corrected chi connectivity index (χ2v) is 6.45. The van der Waals surface area contributed by atoms with Gasteiger partial charge in [-0.25, -0.2) is 0 Å². The van der Waals surface area contributed by atoms with E-state index < -0.39 is 0 Å². The lowest BCUT2D eigenvalue weighted by atomic mass is 10.1. The van der Waals surface area contributed by atoms with Crippen molar-refractivity contribution in [2.75, 3.05) is 38.9 Å². The first-order chi connectivity index (χ1) is 11.9. The highest BCUT2D eigenvalue weighted by atomic mass is 79.9. The van der Waals surface area contributed by atoms with Gasteiger partial charge in [0.25, 0.3) is 0 Å².